The van der Waals surface area contributed by atoms with Gasteiger partial charge in [-0.1, -0.05) is 37.6 Å². The zero-order chi connectivity index (χ0) is 13.6. The zero-order valence-corrected chi connectivity index (χ0v) is 11.7. The molecule has 1 aromatic rings. The summed E-state index contributed by atoms with van der Waals surface area (Å²) in [5.41, 5.74) is 0.738. The average molecular weight is 266 g/mol. The van der Waals surface area contributed by atoms with Gasteiger partial charge in [-0.2, -0.15) is 0 Å². The highest BCUT2D eigenvalue weighted by Crippen LogP contribution is 2.39. The third kappa shape index (κ3) is 2.35. The molecule has 1 unspecified atom stereocenters. The van der Waals surface area contributed by atoms with Crippen molar-refractivity contribution in [2.45, 2.75) is 38.2 Å². The number of benzene rings is 1. The maximum Gasteiger partial charge on any atom is 0.205 e. The van der Waals surface area contributed by atoms with E-state index in [1.807, 2.05) is 20.8 Å². The fourth-order valence-electron chi connectivity index (χ4n) is 2.25. The van der Waals surface area contributed by atoms with E-state index in [9.17, 15) is 13.5 Å². The van der Waals surface area contributed by atoms with E-state index in [2.05, 4.69) is 0 Å². The van der Waals surface area contributed by atoms with Crippen LogP contribution in [0.3, 0.4) is 0 Å². The van der Waals surface area contributed by atoms with Crippen LogP contribution in [-0.2, 0) is 9.84 Å². The summed E-state index contributed by atoms with van der Waals surface area (Å²) in [6, 6.07) is 6.70. The molecule has 1 N–H and O–H groups in total. The number of hydrogen-bond acceptors (Lipinski definition) is 3. The van der Waals surface area contributed by atoms with Gasteiger partial charge in [0, 0.05) is 0 Å². The van der Waals surface area contributed by atoms with Crippen LogP contribution in [0.1, 0.15) is 25.8 Å². The maximum atomic E-state index is 12.4. The lowest BCUT2D eigenvalue weighted by Gasteiger charge is -2.13. The second-order valence-electron chi connectivity index (χ2n) is 5.57. The summed E-state index contributed by atoms with van der Waals surface area (Å²) in [7, 11) is -3.56. The number of aryl methyl sites for hydroxylation is 1. The molecule has 0 amide bonds. The zero-order valence-electron chi connectivity index (χ0n) is 10.8. The normalized spacial score (nSPS) is 22.9. The summed E-state index contributed by atoms with van der Waals surface area (Å²) in [5.74, 6) is 0. The molecule has 0 aromatic heterocycles. The van der Waals surface area contributed by atoms with Gasteiger partial charge in [0.15, 0.2) is 0 Å². The van der Waals surface area contributed by atoms with Crippen LogP contribution >= 0.6 is 0 Å². The van der Waals surface area contributed by atoms with Gasteiger partial charge in [-0.3, -0.25) is 0 Å². The van der Waals surface area contributed by atoms with Crippen molar-refractivity contribution in [1.82, 2.24) is 0 Å². The first kappa shape index (κ1) is 13.3. The molecule has 2 rings (SSSR count). The Hall–Kier alpha value is -1.13. The molecular weight excluding hydrogens is 248 g/mol. The Kier molecular flexibility index (Phi) is 3.11. The predicted octanol–water partition coefficient (Wildman–Crippen LogP) is 2.44. The number of hydrogen-bond donors (Lipinski definition) is 1. The van der Waals surface area contributed by atoms with Gasteiger partial charge in [-0.15, -0.1) is 0 Å². The molecule has 1 aliphatic carbocycles. The monoisotopic (exact) mass is 266 g/mol. The number of sulfone groups is 1. The van der Waals surface area contributed by atoms with Crippen molar-refractivity contribution in [2.24, 2.45) is 5.41 Å². The van der Waals surface area contributed by atoms with E-state index in [0.29, 0.717) is 6.42 Å². The largest absolute Gasteiger partial charge is 0.388 e. The molecule has 0 saturated heterocycles. The van der Waals surface area contributed by atoms with Crippen LogP contribution in [0.2, 0.25) is 0 Å². The topological polar surface area (TPSA) is 54.4 Å². The maximum absolute atomic E-state index is 12.4. The minimum Gasteiger partial charge on any atom is -0.388 e. The summed E-state index contributed by atoms with van der Waals surface area (Å²) in [5, 5.41) is 9.93. The number of allylic oxidation sites excluding steroid dienone is 1. The van der Waals surface area contributed by atoms with Gasteiger partial charge in [0.25, 0.3) is 0 Å². The number of aliphatic hydroxyl groups is 1. The van der Waals surface area contributed by atoms with Crippen LogP contribution < -0.4 is 0 Å². The first-order chi connectivity index (χ1) is 8.22. The van der Waals surface area contributed by atoms with Crippen molar-refractivity contribution in [1.29, 1.82) is 0 Å². The molecular formula is C14H18O3S. The fraction of sp³-hybridized carbons (Fsp3) is 0.429. The lowest BCUT2D eigenvalue weighted by atomic mass is 9.93. The van der Waals surface area contributed by atoms with E-state index < -0.39 is 15.9 Å². The molecule has 0 spiro atoms. The van der Waals surface area contributed by atoms with E-state index in [1.54, 1.807) is 30.3 Å². The molecule has 3 nitrogen and oxygen atoms in total. The molecule has 1 aliphatic rings. The van der Waals surface area contributed by atoms with Gasteiger partial charge < -0.3 is 5.11 Å². The first-order valence-electron chi connectivity index (χ1n) is 5.95. The van der Waals surface area contributed by atoms with E-state index in [4.69, 9.17) is 0 Å². The smallest absolute Gasteiger partial charge is 0.205 e. The lowest BCUT2D eigenvalue weighted by Crippen LogP contribution is -2.16. The average Bonchev–Trinajstić information content (AvgIpc) is 2.53. The molecule has 0 aliphatic heterocycles. The Morgan fingerprint density at radius 1 is 1.22 bits per heavy atom. The molecule has 0 fully saturated rings. The minimum absolute atomic E-state index is 0.136. The van der Waals surface area contributed by atoms with Gasteiger partial charge in [0.1, 0.15) is 0 Å². The minimum atomic E-state index is -3.56. The summed E-state index contributed by atoms with van der Waals surface area (Å²) in [6.07, 6.45) is 1.23. The number of rotatable bonds is 2. The summed E-state index contributed by atoms with van der Waals surface area (Å²) < 4.78 is 24.8. The van der Waals surface area contributed by atoms with Crippen molar-refractivity contribution >= 4 is 9.84 Å². The van der Waals surface area contributed by atoms with Gasteiger partial charge in [0.2, 0.25) is 9.84 Å². The molecule has 4 heteroatoms. The second kappa shape index (κ2) is 4.21. The third-order valence-corrected chi connectivity index (χ3v) is 5.13. The first-order valence-corrected chi connectivity index (χ1v) is 7.43. The van der Waals surface area contributed by atoms with Crippen LogP contribution in [0.5, 0.6) is 0 Å². The quantitative estimate of drug-likeness (QED) is 0.894. The Morgan fingerprint density at radius 3 is 2.22 bits per heavy atom. The summed E-state index contributed by atoms with van der Waals surface area (Å²) in [6.45, 7) is 5.75. The lowest BCUT2D eigenvalue weighted by molar-refractivity contribution is 0.188. The molecule has 1 atom stereocenters. The SMILES string of the molecule is Cc1ccc(S(=O)(=O)C2=CC(C)(C)CC2O)cc1. The van der Waals surface area contributed by atoms with Crippen LogP contribution in [0, 0.1) is 12.3 Å². The van der Waals surface area contributed by atoms with E-state index in [-0.39, 0.29) is 15.2 Å². The third-order valence-electron chi connectivity index (χ3n) is 3.22. The van der Waals surface area contributed by atoms with Gasteiger partial charge in [-0.05, 0) is 30.9 Å². The molecule has 18 heavy (non-hydrogen) atoms. The van der Waals surface area contributed by atoms with E-state index in [0.717, 1.165) is 5.56 Å². The van der Waals surface area contributed by atoms with Crippen LogP contribution in [-0.4, -0.2) is 19.6 Å². The van der Waals surface area contributed by atoms with E-state index in [1.165, 1.54) is 0 Å². The summed E-state index contributed by atoms with van der Waals surface area (Å²) in [4.78, 5) is 0.382. The van der Waals surface area contributed by atoms with Crippen molar-refractivity contribution in [3.8, 4) is 0 Å². The van der Waals surface area contributed by atoms with Crippen molar-refractivity contribution in [3.63, 3.8) is 0 Å². The Morgan fingerprint density at radius 2 is 1.78 bits per heavy atom. The molecule has 98 valence electrons. The van der Waals surface area contributed by atoms with Crippen LogP contribution in [0.15, 0.2) is 40.1 Å². The van der Waals surface area contributed by atoms with Crippen molar-refractivity contribution in [3.05, 3.63) is 40.8 Å². The molecule has 0 saturated carbocycles. The van der Waals surface area contributed by atoms with Crippen LogP contribution in [0.25, 0.3) is 0 Å². The molecule has 1 aromatic carbocycles. The van der Waals surface area contributed by atoms with E-state index >= 15 is 0 Å². The fourth-order valence-corrected chi connectivity index (χ4v) is 3.93. The Balaban J connectivity index is 2.47. The highest BCUT2D eigenvalue weighted by atomic mass is 32.2. The highest BCUT2D eigenvalue weighted by Gasteiger charge is 2.37. The Labute approximate surface area is 108 Å². The number of aliphatic hydroxyl groups excluding tert-OH is 1. The molecule has 0 bridgehead atoms. The highest BCUT2D eigenvalue weighted by molar-refractivity contribution is 7.95. The standard InChI is InChI=1S/C14H18O3S/c1-10-4-6-11(7-5-10)18(16,17)13-9-14(2,3)8-12(13)15/h4-7,9,12,15H,8H2,1-3H3. The molecule has 0 radical (unpaired) electrons. The van der Waals surface area contributed by atoms with Gasteiger partial charge in [-0.25, -0.2) is 8.42 Å². The van der Waals surface area contributed by atoms with Crippen molar-refractivity contribution < 1.29 is 13.5 Å². The van der Waals surface area contributed by atoms with Gasteiger partial charge >= 0.3 is 0 Å². The Bertz CT molecular complexity index is 580. The van der Waals surface area contributed by atoms with Gasteiger partial charge in [0.05, 0.1) is 15.9 Å². The molecule has 0 heterocycles. The second-order valence-corrected chi connectivity index (χ2v) is 7.52. The van der Waals surface area contributed by atoms with Crippen LogP contribution in [0.4, 0.5) is 0 Å². The van der Waals surface area contributed by atoms with Crippen molar-refractivity contribution in [2.75, 3.05) is 0 Å². The predicted molar refractivity (Wildman–Crippen MR) is 70.9 cm³/mol. The summed E-state index contributed by atoms with van der Waals surface area (Å²) >= 11 is 0.